The summed E-state index contributed by atoms with van der Waals surface area (Å²) < 4.78 is 7.71. The van der Waals surface area contributed by atoms with Gasteiger partial charge in [-0.1, -0.05) is 13.8 Å². The van der Waals surface area contributed by atoms with E-state index in [0.717, 1.165) is 37.5 Å². The first-order valence-electron chi connectivity index (χ1n) is 6.75. The minimum Gasteiger partial charge on any atom is -0.448 e. The molecule has 0 fully saturated rings. The second-order valence-corrected chi connectivity index (χ2v) is 4.88. The molecule has 0 aliphatic heterocycles. The van der Waals surface area contributed by atoms with Gasteiger partial charge in [0.25, 0.3) is 0 Å². The molecule has 4 nitrogen and oxygen atoms in total. The maximum absolute atomic E-state index is 5.88. The molecule has 0 bridgehead atoms. The fourth-order valence-corrected chi connectivity index (χ4v) is 2.25. The van der Waals surface area contributed by atoms with Crippen LogP contribution in [0.3, 0.4) is 0 Å². The van der Waals surface area contributed by atoms with E-state index in [2.05, 4.69) is 28.7 Å². The standard InChI is InChI=1S/C14H20ClN3O/c1-3-7-16-13(11-5-6-12(15)19-11)14-17-8-10-18(14)9-4-2/h5-6,8,10,13,16H,3-4,7,9H2,1-2H3. The summed E-state index contributed by atoms with van der Waals surface area (Å²) in [5, 5.41) is 3.87. The van der Waals surface area contributed by atoms with Gasteiger partial charge in [-0.2, -0.15) is 0 Å². The molecular formula is C14H20ClN3O. The van der Waals surface area contributed by atoms with Gasteiger partial charge < -0.3 is 14.3 Å². The normalized spacial score (nSPS) is 12.8. The Kier molecular flexibility index (Phi) is 5.05. The Balaban J connectivity index is 2.28. The smallest absolute Gasteiger partial charge is 0.193 e. The van der Waals surface area contributed by atoms with E-state index in [-0.39, 0.29) is 6.04 Å². The van der Waals surface area contributed by atoms with Crippen LogP contribution in [0.4, 0.5) is 0 Å². The zero-order valence-corrected chi connectivity index (χ0v) is 12.2. The van der Waals surface area contributed by atoms with Gasteiger partial charge in [-0.15, -0.1) is 0 Å². The number of aromatic nitrogens is 2. The number of imidazole rings is 1. The van der Waals surface area contributed by atoms with Crippen molar-refractivity contribution in [3.8, 4) is 0 Å². The summed E-state index contributed by atoms with van der Waals surface area (Å²) in [7, 11) is 0. The Morgan fingerprint density at radius 1 is 1.37 bits per heavy atom. The van der Waals surface area contributed by atoms with Gasteiger partial charge in [0.05, 0.1) is 0 Å². The molecule has 0 aliphatic carbocycles. The zero-order chi connectivity index (χ0) is 13.7. The van der Waals surface area contributed by atoms with Crippen molar-refractivity contribution in [2.45, 2.75) is 39.3 Å². The van der Waals surface area contributed by atoms with Crippen molar-refractivity contribution >= 4 is 11.6 Å². The lowest BCUT2D eigenvalue weighted by atomic mass is 10.2. The Morgan fingerprint density at radius 3 is 2.84 bits per heavy atom. The lowest BCUT2D eigenvalue weighted by Crippen LogP contribution is -2.26. The van der Waals surface area contributed by atoms with Crippen LogP contribution in [0.5, 0.6) is 0 Å². The van der Waals surface area contributed by atoms with Crippen LogP contribution < -0.4 is 5.32 Å². The number of hydrogen-bond acceptors (Lipinski definition) is 3. The highest BCUT2D eigenvalue weighted by molar-refractivity contribution is 6.28. The summed E-state index contributed by atoms with van der Waals surface area (Å²) >= 11 is 5.88. The molecular weight excluding hydrogens is 262 g/mol. The molecule has 0 aliphatic rings. The van der Waals surface area contributed by atoms with Crippen molar-refractivity contribution < 1.29 is 4.42 Å². The van der Waals surface area contributed by atoms with Crippen LogP contribution >= 0.6 is 11.6 Å². The second-order valence-electron chi connectivity index (χ2n) is 4.51. The molecule has 1 N–H and O–H groups in total. The Bertz CT molecular complexity index is 506. The molecule has 2 rings (SSSR count). The summed E-state index contributed by atoms with van der Waals surface area (Å²) in [5.41, 5.74) is 0. The Morgan fingerprint density at radius 2 is 2.21 bits per heavy atom. The van der Waals surface area contributed by atoms with Crippen molar-refractivity contribution in [1.82, 2.24) is 14.9 Å². The van der Waals surface area contributed by atoms with Gasteiger partial charge in [-0.3, -0.25) is 0 Å². The highest BCUT2D eigenvalue weighted by atomic mass is 35.5. The molecule has 1 unspecified atom stereocenters. The first-order valence-corrected chi connectivity index (χ1v) is 7.13. The first kappa shape index (κ1) is 14.2. The van der Waals surface area contributed by atoms with Crippen molar-refractivity contribution in [3.05, 3.63) is 41.3 Å². The molecule has 0 aromatic carbocycles. The van der Waals surface area contributed by atoms with Gasteiger partial charge >= 0.3 is 0 Å². The van der Waals surface area contributed by atoms with Crippen LogP contribution in [0, 0.1) is 0 Å². The number of hydrogen-bond donors (Lipinski definition) is 1. The van der Waals surface area contributed by atoms with E-state index in [0.29, 0.717) is 5.22 Å². The average Bonchev–Trinajstić information content (AvgIpc) is 3.01. The highest BCUT2D eigenvalue weighted by Crippen LogP contribution is 2.25. The predicted octanol–water partition coefficient (Wildman–Crippen LogP) is 3.63. The molecule has 104 valence electrons. The fraction of sp³-hybridized carbons (Fsp3) is 0.500. The van der Waals surface area contributed by atoms with Crippen LogP contribution in [0.2, 0.25) is 5.22 Å². The van der Waals surface area contributed by atoms with E-state index in [4.69, 9.17) is 16.0 Å². The lowest BCUT2D eigenvalue weighted by molar-refractivity contribution is 0.425. The van der Waals surface area contributed by atoms with Crippen molar-refractivity contribution in [3.63, 3.8) is 0 Å². The first-order chi connectivity index (χ1) is 9.26. The number of rotatable bonds is 7. The molecule has 0 amide bonds. The molecule has 0 radical (unpaired) electrons. The fourth-order valence-electron chi connectivity index (χ4n) is 2.10. The van der Waals surface area contributed by atoms with Gasteiger partial charge in [0.2, 0.25) is 0 Å². The largest absolute Gasteiger partial charge is 0.448 e. The van der Waals surface area contributed by atoms with Gasteiger partial charge in [0.15, 0.2) is 5.22 Å². The third-order valence-electron chi connectivity index (χ3n) is 2.95. The molecule has 0 saturated carbocycles. The molecule has 0 saturated heterocycles. The maximum Gasteiger partial charge on any atom is 0.193 e. The van der Waals surface area contributed by atoms with Crippen LogP contribution in [0.25, 0.3) is 0 Å². The molecule has 19 heavy (non-hydrogen) atoms. The number of halogens is 1. The highest BCUT2D eigenvalue weighted by Gasteiger charge is 2.21. The van der Waals surface area contributed by atoms with E-state index in [1.807, 2.05) is 18.5 Å². The maximum atomic E-state index is 5.88. The summed E-state index contributed by atoms with van der Waals surface area (Å²) in [6.45, 7) is 6.15. The summed E-state index contributed by atoms with van der Waals surface area (Å²) in [6, 6.07) is 3.62. The van der Waals surface area contributed by atoms with Crippen molar-refractivity contribution in [2.24, 2.45) is 0 Å². The summed E-state index contributed by atoms with van der Waals surface area (Å²) in [4.78, 5) is 4.47. The van der Waals surface area contributed by atoms with E-state index >= 15 is 0 Å². The van der Waals surface area contributed by atoms with Crippen LogP contribution in [0.1, 0.15) is 44.3 Å². The van der Waals surface area contributed by atoms with Gasteiger partial charge in [-0.05, 0) is 43.1 Å². The van der Waals surface area contributed by atoms with E-state index in [1.54, 1.807) is 6.07 Å². The predicted molar refractivity (Wildman–Crippen MR) is 76.4 cm³/mol. The average molecular weight is 282 g/mol. The monoisotopic (exact) mass is 281 g/mol. The van der Waals surface area contributed by atoms with E-state index < -0.39 is 0 Å². The minimum atomic E-state index is -0.0472. The van der Waals surface area contributed by atoms with Crippen molar-refractivity contribution in [1.29, 1.82) is 0 Å². The third-order valence-corrected chi connectivity index (χ3v) is 3.15. The molecule has 2 aromatic heterocycles. The Labute approximate surface area is 118 Å². The molecule has 2 heterocycles. The van der Waals surface area contributed by atoms with E-state index in [1.165, 1.54) is 0 Å². The Hall–Kier alpha value is -1.26. The number of nitrogens with zero attached hydrogens (tertiary/aromatic N) is 2. The number of furan rings is 1. The van der Waals surface area contributed by atoms with Crippen molar-refractivity contribution in [2.75, 3.05) is 6.54 Å². The number of aryl methyl sites for hydroxylation is 1. The second kappa shape index (κ2) is 6.78. The third kappa shape index (κ3) is 3.39. The molecule has 0 spiro atoms. The van der Waals surface area contributed by atoms with Crippen LogP contribution in [0.15, 0.2) is 28.9 Å². The molecule has 5 heteroatoms. The SMILES string of the molecule is CCCNC(c1ccc(Cl)o1)c1nccn1CCC. The summed E-state index contributed by atoms with van der Waals surface area (Å²) in [5.74, 6) is 1.78. The topological polar surface area (TPSA) is 43.0 Å². The summed E-state index contributed by atoms with van der Waals surface area (Å²) in [6.07, 6.45) is 5.96. The van der Waals surface area contributed by atoms with Crippen LogP contribution in [-0.2, 0) is 6.54 Å². The zero-order valence-electron chi connectivity index (χ0n) is 11.4. The van der Waals surface area contributed by atoms with Crippen LogP contribution in [-0.4, -0.2) is 16.1 Å². The lowest BCUT2D eigenvalue weighted by Gasteiger charge is -2.17. The van der Waals surface area contributed by atoms with Gasteiger partial charge in [-0.25, -0.2) is 4.98 Å². The minimum absolute atomic E-state index is 0.0472. The molecule has 2 aromatic rings. The van der Waals surface area contributed by atoms with Gasteiger partial charge in [0.1, 0.15) is 17.6 Å². The molecule has 1 atom stereocenters. The number of nitrogens with one attached hydrogen (secondary N) is 1. The quantitative estimate of drug-likeness (QED) is 0.843. The van der Waals surface area contributed by atoms with E-state index in [9.17, 15) is 0 Å². The van der Waals surface area contributed by atoms with Gasteiger partial charge in [0, 0.05) is 18.9 Å².